The number of nitrogens with one attached hydrogen (secondary N) is 1. The first kappa shape index (κ1) is 19.0. The van der Waals surface area contributed by atoms with Crippen molar-refractivity contribution in [3.05, 3.63) is 46.8 Å². The zero-order chi connectivity index (χ0) is 18.6. The molecular weight excluding hydrogens is 359 g/mol. The van der Waals surface area contributed by atoms with E-state index >= 15 is 0 Å². The average molecular weight is 381 g/mol. The molecule has 0 radical (unpaired) electrons. The van der Waals surface area contributed by atoms with Crippen molar-refractivity contribution in [3.8, 4) is 10.4 Å². The highest BCUT2D eigenvalue weighted by Gasteiger charge is 2.30. The summed E-state index contributed by atoms with van der Waals surface area (Å²) in [5.74, 6) is 0.391. The summed E-state index contributed by atoms with van der Waals surface area (Å²) in [5.41, 5.74) is -0.199. The molecular formula is C20H22F3NOS. The van der Waals surface area contributed by atoms with Crippen molar-refractivity contribution in [1.29, 1.82) is 0 Å². The number of hydrogen-bond acceptors (Lipinski definition) is 2. The van der Waals surface area contributed by atoms with Crippen LogP contribution in [0.3, 0.4) is 0 Å². The molecule has 0 atom stereocenters. The van der Waals surface area contributed by atoms with Crippen molar-refractivity contribution >= 4 is 17.2 Å². The van der Waals surface area contributed by atoms with E-state index in [0.717, 1.165) is 25.0 Å². The van der Waals surface area contributed by atoms with E-state index in [4.69, 9.17) is 0 Å². The second-order valence-electron chi connectivity index (χ2n) is 6.81. The number of alkyl halides is 3. The maximum absolute atomic E-state index is 12.9. The van der Waals surface area contributed by atoms with E-state index < -0.39 is 11.7 Å². The van der Waals surface area contributed by atoms with Gasteiger partial charge in [0.15, 0.2) is 0 Å². The largest absolute Gasteiger partial charge is 0.416 e. The van der Waals surface area contributed by atoms with Gasteiger partial charge >= 0.3 is 6.18 Å². The highest BCUT2D eigenvalue weighted by atomic mass is 32.1. The van der Waals surface area contributed by atoms with E-state index in [1.54, 1.807) is 18.2 Å². The summed E-state index contributed by atoms with van der Waals surface area (Å²) in [7, 11) is 0. The van der Waals surface area contributed by atoms with Crippen molar-refractivity contribution in [2.24, 2.45) is 5.92 Å². The maximum Gasteiger partial charge on any atom is 0.416 e. The zero-order valence-electron chi connectivity index (χ0n) is 14.4. The van der Waals surface area contributed by atoms with Crippen LogP contribution in [-0.4, -0.2) is 12.5 Å². The van der Waals surface area contributed by atoms with E-state index in [9.17, 15) is 18.0 Å². The summed E-state index contributed by atoms with van der Waals surface area (Å²) in [6.07, 6.45) is 2.93. The topological polar surface area (TPSA) is 29.1 Å². The molecule has 26 heavy (non-hydrogen) atoms. The van der Waals surface area contributed by atoms with Gasteiger partial charge in [0.05, 0.1) is 10.4 Å². The number of amides is 1. The van der Waals surface area contributed by atoms with Gasteiger partial charge in [-0.25, -0.2) is 0 Å². The molecule has 1 aromatic carbocycles. The first-order chi connectivity index (χ1) is 12.4. The van der Waals surface area contributed by atoms with Gasteiger partial charge in [0, 0.05) is 11.4 Å². The van der Waals surface area contributed by atoms with Gasteiger partial charge in [-0.05, 0) is 48.6 Å². The molecule has 6 heteroatoms. The Balaban J connectivity index is 1.64. The first-order valence-electron chi connectivity index (χ1n) is 8.99. The Morgan fingerprint density at radius 2 is 1.81 bits per heavy atom. The summed E-state index contributed by atoms with van der Waals surface area (Å²) in [6, 6.07) is 8.60. The van der Waals surface area contributed by atoms with Gasteiger partial charge in [-0.15, -0.1) is 11.3 Å². The van der Waals surface area contributed by atoms with Crippen molar-refractivity contribution in [2.45, 2.75) is 44.7 Å². The summed E-state index contributed by atoms with van der Waals surface area (Å²) in [6.45, 7) is 0.676. The number of halogens is 3. The molecule has 0 aliphatic heterocycles. The lowest BCUT2D eigenvalue weighted by Gasteiger charge is -2.14. The summed E-state index contributed by atoms with van der Waals surface area (Å²) < 4.78 is 38.6. The number of carbonyl (C=O) groups is 1. The molecule has 1 N–H and O–H groups in total. The Kier molecular flexibility index (Phi) is 6.01. The Labute approximate surface area is 155 Å². The normalized spacial score (nSPS) is 16.3. The lowest BCUT2D eigenvalue weighted by atomic mass is 10.0. The lowest BCUT2D eigenvalue weighted by Crippen LogP contribution is -2.28. The van der Waals surface area contributed by atoms with Crippen LogP contribution in [0.5, 0.6) is 0 Å². The molecule has 140 valence electrons. The number of hydrogen-bond donors (Lipinski definition) is 1. The van der Waals surface area contributed by atoms with Crippen LogP contribution in [0.1, 0.15) is 53.8 Å². The third-order valence-electron chi connectivity index (χ3n) is 4.83. The average Bonchev–Trinajstić information content (AvgIpc) is 2.97. The predicted octanol–water partition coefficient (Wildman–Crippen LogP) is 6.13. The molecule has 0 saturated heterocycles. The SMILES string of the molecule is O=C(NCC1CCCCCC1)c1ccc(-c2cccc(C(F)(F)F)c2)s1. The lowest BCUT2D eigenvalue weighted by molar-refractivity contribution is -0.137. The predicted molar refractivity (Wildman–Crippen MR) is 98.3 cm³/mol. The molecule has 3 rings (SSSR count). The van der Waals surface area contributed by atoms with E-state index in [2.05, 4.69) is 5.32 Å². The molecule has 1 aromatic heterocycles. The molecule has 1 aliphatic rings. The number of benzene rings is 1. The van der Waals surface area contributed by atoms with E-state index in [-0.39, 0.29) is 5.91 Å². The molecule has 1 fully saturated rings. The van der Waals surface area contributed by atoms with Crippen molar-refractivity contribution in [1.82, 2.24) is 5.32 Å². The number of carbonyl (C=O) groups excluding carboxylic acids is 1. The van der Waals surface area contributed by atoms with Gasteiger partial charge < -0.3 is 5.32 Å². The number of rotatable bonds is 4. The Morgan fingerprint density at radius 1 is 1.08 bits per heavy atom. The maximum atomic E-state index is 12.9. The molecule has 2 nitrogen and oxygen atoms in total. The Morgan fingerprint density at radius 3 is 2.50 bits per heavy atom. The van der Waals surface area contributed by atoms with Crippen LogP contribution in [0.4, 0.5) is 13.2 Å². The van der Waals surface area contributed by atoms with E-state index in [1.165, 1.54) is 43.1 Å². The fourth-order valence-electron chi connectivity index (χ4n) is 3.36. The van der Waals surface area contributed by atoms with Gasteiger partial charge in [-0.3, -0.25) is 4.79 Å². The third-order valence-corrected chi connectivity index (χ3v) is 5.96. The van der Waals surface area contributed by atoms with Gasteiger partial charge in [-0.1, -0.05) is 37.8 Å². The summed E-state index contributed by atoms with van der Waals surface area (Å²) in [4.78, 5) is 13.6. The van der Waals surface area contributed by atoms with E-state index in [1.807, 2.05) is 0 Å². The van der Waals surface area contributed by atoms with Crippen LogP contribution in [0.2, 0.25) is 0 Å². The second-order valence-corrected chi connectivity index (χ2v) is 7.89. The molecule has 0 bridgehead atoms. The minimum absolute atomic E-state index is 0.141. The van der Waals surface area contributed by atoms with Gasteiger partial charge in [0.2, 0.25) is 0 Å². The first-order valence-corrected chi connectivity index (χ1v) is 9.81. The highest BCUT2D eigenvalue weighted by Crippen LogP contribution is 2.34. The monoisotopic (exact) mass is 381 g/mol. The fraction of sp³-hybridized carbons (Fsp3) is 0.450. The van der Waals surface area contributed by atoms with Crippen molar-refractivity contribution < 1.29 is 18.0 Å². The van der Waals surface area contributed by atoms with Gasteiger partial charge in [0.1, 0.15) is 0 Å². The van der Waals surface area contributed by atoms with Crippen LogP contribution in [0.25, 0.3) is 10.4 Å². The quantitative estimate of drug-likeness (QED) is 0.634. The second kappa shape index (κ2) is 8.25. The zero-order valence-corrected chi connectivity index (χ0v) is 15.3. The highest BCUT2D eigenvalue weighted by molar-refractivity contribution is 7.17. The van der Waals surface area contributed by atoms with Crippen LogP contribution in [0, 0.1) is 5.92 Å². The minimum atomic E-state index is -4.37. The van der Waals surface area contributed by atoms with Gasteiger partial charge in [-0.2, -0.15) is 13.2 Å². The molecule has 0 unspecified atom stereocenters. The van der Waals surface area contributed by atoms with Crippen LogP contribution in [-0.2, 0) is 6.18 Å². The molecule has 1 aliphatic carbocycles. The summed E-state index contributed by atoms with van der Waals surface area (Å²) >= 11 is 1.22. The summed E-state index contributed by atoms with van der Waals surface area (Å²) in [5, 5.41) is 2.99. The molecule has 1 heterocycles. The third kappa shape index (κ3) is 4.87. The van der Waals surface area contributed by atoms with Gasteiger partial charge in [0.25, 0.3) is 5.91 Å². The van der Waals surface area contributed by atoms with Crippen LogP contribution >= 0.6 is 11.3 Å². The molecule has 1 saturated carbocycles. The smallest absolute Gasteiger partial charge is 0.351 e. The Bertz CT molecular complexity index is 746. The molecule has 0 spiro atoms. The molecule has 2 aromatic rings. The van der Waals surface area contributed by atoms with Crippen molar-refractivity contribution in [3.63, 3.8) is 0 Å². The van der Waals surface area contributed by atoms with Crippen molar-refractivity contribution in [2.75, 3.05) is 6.54 Å². The van der Waals surface area contributed by atoms with E-state index in [0.29, 0.717) is 27.8 Å². The van der Waals surface area contributed by atoms with Crippen LogP contribution in [0.15, 0.2) is 36.4 Å². The Hall–Kier alpha value is -1.82. The van der Waals surface area contributed by atoms with Crippen LogP contribution < -0.4 is 5.32 Å². The fourth-order valence-corrected chi connectivity index (χ4v) is 4.27. The molecule has 1 amide bonds. The number of thiophene rings is 1. The minimum Gasteiger partial charge on any atom is -0.351 e. The standard InChI is InChI=1S/C20H22F3NOS/c21-20(22,23)16-9-5-8-15(12-16)17-10-11-18(26-17)19(25)24-13-14-6-3-1-2-4-7-14/h5,8-12,14H,1-4,6-7,13H2,(H,24,25).